The minimum absolute atomic E-state index is 0.0303. The second-order valence-electron chi connectivity index (χ2n) is 6.66. The highest BCUT2D eigenvalue weighted by molar-refractivity contribution is 7.92. The fourth-order valence-corrected chi connectivity index (χ4v) is 4.89. The Morgan fingerprint density at radius 2 is 1.88 bits per heavy atom. The molecule has 2 aromatic carbocycles. The van der Waals surface area contributed by atoms with Crippen molar-refractivity contribution in [2.24, 2.45) is 5.73 Å². The van der Waals surface area contributed by atoms with Crippen molar-refractivity contribution in [3.8, 4) is 10.9 Å². The van der Waals surface area contributed by atoms with Crippen LogP contribution in [0.3, 0.4) is 0 Å². The van der Waals surface area contributed by atoms with Crippen LogP contribution in [0, 0.1) is 0 Å². The van der Waals surface area contributed by atoms with E-state index in [0.717, 1.165) is 17.8 Å². The van der Waals surface area contributed by atoms with Gasteiger partial charge in [-0.15, -0.1) is 5.10 Å². The Morgan fingerprint density at radius 3 is 2.56 bits per heavy atom. The van der Waals surface area contributed by atoms with Gasteiger partial charge in [0.25, 0.3) is 5.91 Å². The van der Waals surface area contributed by atoms with E-state index in [0.29, 0.717) is 29.1 Å². The highest BCUT2D eigenvalue weighted by Gasteiger charge is 2.22. The molecule has 0 aliphatic heterocycles. The number of urea groups is 1. The molecule has 0 unspecified atom stereocenters. The van der Waals surface area contributed by atoms with Crippen LogP contribution in [0.5, 0.6) is 10.9 Å². The summed E-state index contributed by atoms with van der Waals surface area (Å²) in [7, 11) is -3.77. The molecule has 1 heterocycles. The van der Waals surface area contributed by atoms with E-state index in [1.807, 2.05) is 6.92 Å². The third-order valence-electron chi connectivity index (χ3n) is 4.07. The third kappa shape index (κ3) is 6.25. The van der Waals surface area contributed by atoms with Crippen molar-refractivity contribution in [1.29, 1.82) is 0 Å². The summed E-state index contributed by atoms with van der Waals surface area (Å²) in [6.45, 7) is 2.53. The van der Waals surface area contributed by atoms with Crippen LogP contribution in [0.2, 0.25) is 0 Å². The van der Waals surface area contributed by atoms with E-state index < -0.39 is 15.9 Å². The minimum Gasteiger partial charge on any atom is -0.430 e. The molecule has 3 rings (SSSR count). The molecule has 3 aromatic rings. The number of primary amides is 1. The molecule has 10 nitrogen and oxygen atoms in total. The smallest absolute Gasteiger partial charge is 0.316 e. The molecule has 0 bridgehead atoms. The lowest BCUT2D eigenvalue weighted by Crippen LogP contribution is -2.23. The fraction of sp³-hybridized carbons (Fsp3) is 0.200. The molecular weight excluding hydrogens is 454 g/mol. The average Bonchev–Trinajstić information content (AvgIpc) is 3.21. The second kappa shape index (κ2) is 10.2. The van der Waals surface area contributed by atoms with Gasteiger partial charge in [0.05, 0.1) is 5.75 Å². The number of amides is 3. The van der Waals surface area contributed by atoms with Crippen molar-refractivity contribution < 1.29 is 22.7 Å². The number of rotatable bonds is 9. The lowest BCUT2D eigenvalue weighted by molar-refractivity contribution is 0.0953. The Morgan fingerprint density at radius 1 is 1.12 bits per heavy atom. The van der Waals surface area contributed by atoms with E-state index >= 15 is 0 Å². The molecule has 32 heavy (non-hydrogen) atoms. The quantitative estimate of drug-likeness (QED) is 0.430. The van der Waals surface area contributed by atoms with E-state index in [2.05, 4.69) is 20.8 Å². The van der Waals surface area contributed by atoms with E-state index in [9.17, 15) is 18.0 Å². The number of benzene rings is 2. The van der Waals surface area contributed by atoms with Crippen LogP contribution in [0.25, 0.3) is 0 Å². The van der Waals surface area contributed by atoms with E-state index in [-0.39, 0.29) is 21.2 Å². The number of hydrogen-bond donors (Lipinski definition) is 3. The summed E-state index contributed by atoms with van der Waals surface area (Å²) in [5.74, 6) is -0.174. The summed E-state index contributed by atoms with van der Waals surface area (Å²) < 4.78 is 30.8. The van der Waals surface area contributed by atoms with Crippen molar-refractivity contribution in [3.63, 3.8) is 0 Å². The normalized spacial score (nSPS) is 11.0. The van der Waals surface area contributed by atoms with Crippen LogP contribution in [-0.4, -0.2) is 37.1 Å². The van der Waals surface area contributed by atoms with Crippen molar-refractivity contribution >= 4 is 38.8 Å². The van der Waals surface area contributed by atoms with Gasteiger partial charge in [-0.3, -0.25) is 4.79 Å². The van der Waals surface area contributed by atoms with E-state index in [1.165, 1.54) is 6.07 Å². The Hall–Kier alpha value is -3.51. The molecule has 0 fully saturated rings. The molecule has 4 N–H and O–H groups in total. The topological polar surface area (TPSA) is 153 Å². The number of carbonyl (C=O) groups excluding carboxylic acids is 2. The average molecular weight is 476 g/mol. The molecule has 0 spiro atoms. The summed E-state index contributed by atoms with van der Waals surface area (Å²) in [4.78, 5) is 22.9. The summed E-state index contributed by atoms with van der Waals surface area (Å²) in [6.07, 6.45) is 0.825. The van der Waals surface area contributed by atoms with Gasteiger partial charge in [0.2, 0.25) is 14.2 Å². The maximum atomic E-state index is 12.7. The van der Waals surface area contributed by atoms with Gasteiger partial charge in [-0.2, -0.15) is 0 Å². The molecular formula is C20H21N5O5S2. The lowest BCUT2D eigenvalue weighted by atomic mass is 10.1. The van der Waals surface area contributed by atoms with Crippen molar-refractivity contribution in [2.75, 3.05) is 11.9 Å². The maximum Gasteiger partial charge on any atom is 0.316 e. The Balaban J connectivity index is 1.67. The maximum absolute atomic E-state index is 12.7. The predicted octanol–water partition coefficient (Wildman–Crippen LogP) is 2.93. The Kier molecular flexibility index (Phi) is 7.38. The molecule has 0 saturated carbocycles. The lowest BCUT2D eigenvalue weighted by Gasteiger charge is -2.05. The zero-order chi connectivity index (χ0) is 23.1. The number of sulfone groups is 1. The van der Waals surface area contributed by atoms with Crippen molar-refractivity contribution in [2.45, 2.75) is 23.4 Å². The predicted molar refractivity (Wildman–Crippen MR) is 120 cm³/mol. The van der Waals surface area contributed by atoms with Crippen LogP contribution >= 0.6 is 11.3 Å². The van der Waals surface area contributed by atoms with Crippen molar-refractivity contribution in [3.05, 3.63) is 59.7 Å². The third-order valence-corrected chi connectivity index (χ3v) is 7.00. The molecule has 0 atom stereocenters. The molecule has 0 aliphatic carbocycles. The number of hydrogen-bond acceptors (Lipinski definition) is 8. The van der Waals surface area contributed by atoms with Crippen molar-refractivity contribution in [1.82, 2.24) is 15.5 Å². The number of anilines is 1. The minimum atomic E-state index is -3.77. The van der Waals surface area contributed by atoms with Gasteiger partial charge >= 0.3 is 11.2 Å². The standard InChI is InChI=1S/C20H21N5O5S2/c1-2-10-22-17(26)14-8-6-13(7-9-14)12-32(28,29)20-25-24-19(31-20)30-16-5-3-4-15(11-16)23-18(21)27/h3-9,11H,2,10,12H2,1H3,(H,22,26)(H3,21,23,27). The van der Waals surface area contributed by atoms with Crippen LogP contribution in [0.4, 0.5) is 10.5 Å². The van der Waals surface area contributed by atoms with Crippen LogP contribution in [-0.2, 0) is 15.6 Å². The van der Waals surface area contributed by atoms with Gasteiger partial charge in [-0.05, 0) is 47.6 Å². The second-order valence-corrected chi connectivity index (χ2v) is 9.77. The van der Waals surface area contributed by atoms with Gasteiger partial charge in [-0.25, -0.2) is 13.2 Å². The Labute approximate surface area is 188 Å². The number of aromatic nitrogens is 2. The summed E-state index contributed by atoms with van der Waals surface area (Å²) in [5.41, 5.74) is 6.47. The van der Waals surface area contributed by atoms with Gasteiger partial charge in [0.1, 0.15) is 5.75 Å². The fourth-order valence-electron chi connectivity index (χ4n) is 2.62. The first kappa shape index (κ1) is 23.2. The first-order valence-corrected chi connectivity index (χ1v) is 12.0. The molecule has 0 aliphatic rings. The van der Waals surface area contributed by atoms with E-state index in [4.69, 9.17) is 10.5 Å². The molecule has 3 amide bonds. The summed E-state index contributed by atoms with van der Waals surface area (Å²) >= 11 is 0.782. The molecule has 0 saturated heterocycles. The zero-order valence-corrected chi connectivity index (χ0v) is 18.7. The summed E-state index contributed by atoms with van der Waals surface area (Å²) in [5, 5.41) is 12.7. The highest BCUT2D eigenvalue weighted by Crippen LogP contribution is 2.30. The highest BCUT2D eigenvalue weighted by atomic mass is 32.2. The number of carbonyl (C=O) groups is 2. The van der Waals surface area contributed by atoms with Gasteiger partial charge in [0, 0.05) is 23.9 Å². The van der Waals surface area contributed by atoms with Gasteiger partial charge in [-0.1, -0.05) is 30.2 Å². The van der Waals surface area contributed by atoms with Gasteiger partial charge in [0.15, 0.2) is 0 Å². The monoisotopic (exact) mass is 475 g/mol. The SMILES string of the molecule is CCCNC(=O)c1ccc(CS(=O)(=O)c2nnc(Oc3cccc(NC(N)=O)c3)s2)cc1. The molecule has 0 radical (unpaired) electrons. The number of nitrogens with one attached hydrogen (secondary N) is 2. The largest absolute Gasteiger partial charge is 0.430 e. The molecule has 12 heteroatoms. The van der Waals surface area contributed by atoms with Crippen LogP contribution in [0.1, 0.15) is 29.3 Å². The van der Waals surface area contributed by atoms with Crippen LogP contribution < -0.4 is 21.1 Å². The number of ether oxygens (including phenoxy) is 1. The number of nitrogens with two attached hydrogens (primary N) is 1. The first-order chi connectivity index (χ1) is 15.3. The van der Waals surface area contributed by atoms with Crippen LogP contribution in [0.15, 0.2) is 52.9 Å². The van der Waals surface area contributed by atoms with E-state index in [1.54, 1.807) is 42.5 Å². The zero-order valence-electron chi connectivity index (χ0n) is 17.1. The molecule has 168 valence electrons. The molecule has 1 aromatic heterocycles. The Bertz CT molecular complexity index is 1210. The van der Waals surface area contributed by atoms with Gasteiger partial charge < -0.3 is 21.1 Å². The number of nitrogens with zero attached hydrogens (tertiary/aromatic N) is 2. The summed E-state index contributed by atoms with van der Waals surface area (Å²) in [6, 6.07) is 12.0. The first-order valence-electron chi connectivity index (χ1n) is 9.54.